The number of nitrogens with one attached hydrogen (secondary N) is 2. The van der Waals surface area contributed by atoms with Crippen molar-refractivity contribution in [3.8, 4) is 0 Å². The van der Waals surface area contributed by atoms with Crippen molar-refractivity contribution in [1.82, 2.24) is 10.2 Å². The minimum atomic E-state index is 0.633. The Kier molecular flexibility index (Phi) is 2.75. The van der Waals surface area contributed by atoms with Gasteiger partial charge in [-0.1, -0.05) is 31.9 Å². The van der Waals surface area contributed by atoms with Crippen LogP contribution in [0.2, 0.25) is 0 Å². The van der Waals surface area contributed by atoms with Crippen LogP contribution in [0.1, 0.15) is 32.6 Å². The van der Waals surface area contributed by atoms with E-state index in [9.17, 15) is 0 Å². The molecular formula is C14H19N3. The molecule has 3 nitrogen and oxygen atoms in total. The molecule has 0 amide bonds. The van der Waals surface area contributed by atoms with Crippen LogP contribution in [-0.2, 0) is 0 Å². The lowest BCUT2D eigenvalue weighted by Gasteiger charge is -2.21. The van der Waals surface area contributed by atoms with Gasteiger partial charge in [-0.3, -0.25) is 5.10 Å². The Balaban J connectivity index is 1.87. The lowest BCUT2D eigenvalue weighted by atomic mass is 10.0. The normalized spacial score (nSPS) is 24.3. The first kappa shape index (κ1) is 10.6. The summed E-state index contributed by atoms with van der Waals surface area (Å²) in [5, 5.41) is 12.1. The lowest BCUT2D eigenvalue weighted by molar-refractivity contribution is 0.489. The monoisotopic (exact) mass is 229 g/mol. The third-order valence-electron chi connectivity index (χ3n) is 4.00. The molecule has 1 aliphatic rings. The van der Waals surface area contributed by atoms with E-state index in [0.29, 0.717) is 6.04 Å². The minimum absolute atomic E-state index is 0.633. The van der Waals surface area contributed by atoms with Gasteiger partial charge in [0.05, 0.1) is 17.4 Å². The number of aromatic nitrogens is 2. The van der Waals surface area contributed by atoms with E-state index in [-0.39, 0.29) is 0 Å². The fourth-order valence-corrected chi connectivity index (χ4v) is 3.00. The Morgan fingerprint density at radius 3 is 3.24 bits per heavy atom. The van der Waals surface area contributed by atoms with Crippen LogP contribution in [0.5, 0.6) is 0 Å². The van der Waals surface area contributed by atoms with Crippen molar-refractivity contribution in [2.24, 2.45) is 5.92 Å². The van der Waals surface area contributed by atoms with Gasteiger partial charge in [0.1, 0.15) is 0 Å². The summed E-state index contributed by atoms with van der Waals surface area (Å²) in [6.45, 7) is 2.29. The molecule has 0 radical (unpaired) electrons. The molecule has 0 aliphatic heterocycles. The zero-order valence-corrected chi connectivity index (χ0v) is 10.2. The first-order chi connectivity index (χ1) is 8.38. The molecule has 17 heavy (non-hydrogen) atoms. The highest BCUT2D eigenvalue weighted by Gasteiger charge is 2.25. The Hall–Kier alpha value is -1.51. The summed E-state index contributed by atoms with van der Waals surface area (Å²) in [7, 11) is 0. The molecule has 90 valence electrons. The van der Waals surface area contributed by atoms with Crippen LogP contribution in [0.3, 0.4) is 0 Å². The Bertz CT molecular complexity index is 503. The molecule has 0 bridgehead atoms. The van der Waals surface area contributed by atoms with Crippen LogP contribution in [-0.4, -0.2) is 16.2 Å². The maximum Gasteiger partial charge on any atom is 0.0881 e. The van der Waals surface area contributed by atoms with E-state index < -0.39 is 0 Å². The first-order valence-corrected chi connectivity index (χ1v) is 6.57. The smallest absolute Gasteiger partial charge is 0.0881 e. The van der Waals surface area contributed by atoms with Crippen LogP contribution in [0, 0.1) is 5.92 Å². The van der Waals surface area contributed by atoms with E-state index in [1.807, 2.05) is 6.20 Å². The third kappa shape index (κ3) is 1.90. The Morgan fingerprint density at radius 1 is 1.41 bits per heavy atom. The molecule has 1 aromatic carbocycles. The number of aromatic amines is 1. The van der Waals surface area contributed by atoms with Crippen molar-refractivity contribution in [2.75, 3.05) is 5.32 Å². The summed E-state index contributed by atoms with van der Waals surface area (Å²) in [4.78, 5) is 0. The van der Waals surface area contributed by atoms with Crippen molar-refractivity contribution in [2.45, 2.75) is 38.6 Å². The summed E-state index contributed by atoms with van der Waals surface area (Å²) >= 11 is 0. The average Bonchev–Trinajstić information content (AvgIpc) is 2.97. The number of hydrogen-bond donors (Lipinski definition) is 2. The van der Waals surface area contributed by atoms with E-state index in [1.54, 1.807) is 0 Å². The van der Waals surface area contributed by atoms with Gasteiger partial charge in [0.15, 0.2) is 0 Å². The molecule has 0 saturated heterocycles. The fraction of sp³-hybridized carbons (Fsp3) is 0.500. The number of H-pyrrole nitrogens is 1. The topological polar surface area (TPSA) is 40.7 Å². The SMILES string of the molecule is CCC1CCCC1Nc1cccc2cn[nH]c12. The van der Waals surface area contributed by atoms with Crippen molar-refractivity contribution >= 4 is 16.6 Å². The molecular weight excluding hydrogens is 210 g/mol. The molecule has 1 heterocycles. The van der Waals surface area contributed by atoms with Crippen LogP contribution in [0.25, 0.3) is 10.9 Å². The standard InChI is InChI=1S/C14H19N3/c1-2-10-5-3-7-12(10)16-13-8-4-6-11-9-15-17-14(11)13/h4,6,8-10,12,16H,2-3,5,7H2,1H3,(H,15,17). The highest BCUT2D eigenvalue weighted by molar-refractivity contribution is 5.90. The van der Waals surface area contributed by atoms with Gasteiger partial charge >= 0.3 is 0 Å². The van der Waals surface area contributed by atoms with Gasteiger partial charge in [0.2, 0.25) is 0 Å². The highest BCUT2D eigenvalue weighted by Crippen LogP contribution is 2.32. The van der Waals surface area contributed by atoms with Crippen molar-refractivity contribution in [3.05, 3.63) is 24.4 Å². The summed E-state index contributed by atoms with van der Waals surface area (Å²) in [6.07, 6.45) is 7.17. The van der Waals surface area contributed by atoms with Gasteiger partial charge in [0.25, 0.3) is 0 Å². The van der Waals surface area contributed by atoms with E-state index in [1.165, 1.54) is 36.8 Å². The summed E-state index contributed by atoms with van der Waals surface area (Å²) < 4.78 is 0. The minimum Gasteiger partial charge on any atom is -0.380 e. The number of benzene rings is 1. The molecule has 3 rings (SSSR count). The van der Waals surface area contributed by atoms with Crippen LogP contribution in [0.4, 0.5) is 5.69 Å². The van der Waals surface area contributed by atoms with Gasteiger partial charge < -0.3 is 5.32 Å². The zero-order chi connectivity index (χ0) is 11.7. The molecule has 1 fully saturated rings. The number of hydrogen-bond acceptors (Lipinski definition) is 2. The van der Waals surface area contributed by atoms with Gasteiger partial charge in [-0.25, -0.2) is 0 Å². The first-order valence-electron chi connectivity index (χ1n) is 6.57. The van der Waals surface area contributed by atoms with Gasteiger partial charge in [-0.05, 0) is 24.8 Å². The highest BCUT2D eigenvalue weighted by atomic mass is 15.1. The summed E-state index contributed by atoms with van der Waals surface area (Å²) in [5.74, 6) is 0.827. The van der Waals surface area contributed by atoms with E-state index in [4.69, 9.17) is 0 Å². The van der Waals surface area contributed by atoms with Crippen molar-refractivity contribution in [1.29, 1.82) is 0 Å². The molecule has 1 saturated carbocycles. The molecule has 1 aromatic heterocycles. The second-order valence-electron chi connectivity index (χ2n) is 4.99. The van der Waals surface area contributed by atoms with Crippen LogP contribution >= 0.6 is 0 Å². The van der Waals surface area contributed by atoms with Gasteiger partial charge in [-0.2, -0.15) is 5.10 Å². The van der Waals surface area contributed by atoms with Crippen molar-refractivity contribution in [3.63, 3.8) is 0 Å². The van der Waals surface area contributed by atoms with Crippen molar-refractivity contribution < 1.29 is 0 Å². The number of para-hydroxylation sites is 1. The largest absolute Gasteiger partial charge is 0.380 e. The Labute approximate surface area is 102 Å². The molecule has 3 heteroatoms. The number of nitrogens with zero attached hydrogens (tertiary/aromatic N) is 1. The average molecular weight is 229 g/mol. The summed E-state index contributed by atoms with van der Waals surface area (Å²) in [6, 6.07) is 6.96. The van der Waals surface area contributed by atoms with E-state index >= 15 is 0 Å². The number of anilines is 1. The number of fused-ring (bicyclic) bond motifs is 1. The predicted octanol–water partition coefficient (Wildman–Crippen LogP) is 3.55. The zero-order valence-electron chi connectivity index (χ0n) is 10.2. The van der Waals surface area contributed by atoms with Crippen LogP contribution < -0.4 is 5.32 Å². The fourth-order valence-electron chi connectivity index (χ4n) is 3.00. The summed E-state index contributed by atoms with van der Waals surface area (Å²) in [5.41, 5.74) is 2.33. The van der Waals surface area contributed by atoms with Gasteiger partial charge in [0, 0.05) is 11.4 Å². The molecule has 2 N–H and O–H groups in total. The maximum absolute atomic E-state index is 4.11. The van der Waals surface area contributed by atoms with E-state index in [2.05, 4.69) is 40.6 Å². The Morgan fingerprint density at radius 2 is 2.35 bits per heavy atom. The second-order valence-corrected chi connectivity index (χ2v) is 4.99. The quantitative estimate of drug-likeness (QED) is 0.845. The molecule has 2 aromatic rings. The van der Waals surface area contributed by atoms with Crippen LogP contribution in [0.15, 0.2) is 24.4 Å². The second kappa shape index (κ2) is 4.40. The van der Waals surface area contributed by atoms with E-state index in [0.717, 1.165) is 11.4 Å². The lowest BCUT2D eigenvalue weighted by Crippen LogP contribution is -2.23. The molecule has 1 aliphatic carbocycles. The predicted molar refractivity (Wildman–Crippen MR) is 71.1 cm³/mol. The molecule has 2 atom stereocenters. The van der Waals surface area contributed by atoms with Gasteiger partial charge in [-0.15, -0.1) is 0 Å². The molecule has 2 unspecified atom stereocenters. The maximum atomic E-state index is 4.11. The number of rotatable bonds is 3. The molecule has 0 spiro atoms. The third-order valence-corrected chi connectivity index (χ3v) is 4.00.